The van der Waals surface area contributed by atoms with Crippen molar-refractivity contribution in [1.29, 1.82) is 0 Å². The van der Waals surface area contributed by atoms with Crippen molar-refractivity contribution in [3.63, 3.8) is 0 Å². The molecule has 1 aromatic heterocycles. The van der Waals surface area contributed by atoms with Crippen molar-refractivity contribution < 1.29 is 0 Å². The quantitative estimate of drug-likeness (QED) is 0.180. The third-order valence-corrected chi connectivity index (χ3v) is 12.2. The van der Waals surface area contributed by atoms with E-state index in [0.29, 0.717) is 17.5 Å². The van der Waals surface area contributed by atoms with Crippen LogP contribution in [0.2, 0.25) is 0 Å². The first-order chi connectivity index (χ1) is 26.7. The molecule has 1 saturated carbocycles. The second-order valence-corrected chi connectivity index (χ2v) is 15.1. The second kappa shape index (κ2) is 12.3. The highest BCUT2D eigenvalue weighted by molar-refractivity contribution is 5.91. The standard InChI is InChI=1S/C51H37N3/c1-3-14-33(15-4-1)48-52-49(34-16-5-2-6-17-34)54-50(53-48)37-19-11-18-35(30-37)38-21-12-23-40-41-24-13-22-39(45(41)32-44(38)40)36-26-27-43-42-20-7-8-25-46(42)51(47(43)31-36)28-9-10-29-51/h1-8,11-27,30-31H,9-10,28-29,32H2. The van der Waals surface area contributed by atoms with Gasteiger partial charge in [0.25, 0.3) is 0 Å². The van der Waals surface area contributed by atoms with E-state index in [2.05, 4.69) is 127 Å². The van der Waals surface area contributed by atoms with Crippen LogP contribution in [0.15, 0.2) is 164 Å². The van der Waals surface area contributed by atoms with Gasteiger partial charge in [0.1, 0.15) is 0 Å². The van der Waals surface area contributed by atoms with Crippen molar-refractivity contribution in [3.8, 4) is 78.7 Å². The number of fused-ring (bicyclic) bond motifs is 8. The zero-order chi connectivity index (χ0) is 35.6. The molecule has 3 heteroatoms. The lowest BCUT2D eigenvalue weighted by Crippen LogP contribution is -2.20. The number of aromatic nitrogens is 3. The fourth-order valence-corrected chi connectivity index (χ4v) is 9.68. The molecule has 1 heterocycles. The monoisotopic (exact) mass is 691 g/mol. The Morgan fingerprint density at radius 3 is 1.44 bits per heavy atom. The molecule has 0 aliphatic heterocycles. The van der Waals surface area contributed by atoms with Crippen molar-refractivity contribution >= 4 is 0 Å². The van der Waals surface area contributed by atoms with E-state index in [4.69, 9.17) is 15.0 Å². The Kier molecular flexibility index (Phi) is 7.10. The van der Waals surface area contributed by atoms with Gasteiger partial charge in [0.2, 0.25) is 0 Å². The summed E-state index contributed by atoms with van der Waals surface area (Å²) in [6.07, 6.45) is 5.98. The summed E-state index contributed by atoms with van der Waals surface area (Å²) in [5, 5.41) is 0. The highest BCUT2D eigenvalue weighted by atomic mass is 15.0. The summed E-state index contributed by atoms with van der Waals surface area (Å²) in [5.74, 6) is 2.01. The van der Waals surface area contributed by atoms with Gasteiger partial charge in [-0.1, -0.05) is 165 Å². The zero-order valence-electron chi connectivity index (χ0n) is 30.0. The van der Waals surface area contributed by atoms with Crippen LogP contribution >= 0.6 is 0 Å². The van der Waals surface area contributed by atoms with Gasteiger partial charge in [0.05, 0.1) is 0 Å². The average molecular weight is 692 g/mol. The molecule has 3 aliphatic carbocycles. The molecule has 54 heavy (non-hydrogen) atoms. The van der Waals surface area contributed by atoms with E-state index in [-0.39, 0.29) is 5.41 Å². The normalized spacial score (nSPS) is 14.4. The number of hydrogen-bond donors (Lipinski definition) is 0. The number of benzene rings is 7. The zero-order valence-corrected chi connectivity index (χ0v) is 30.0. The van der Waals surface area contributed by atoms with Crippen LogP contribution in [0.3, 0.4) is 0 Å². The smallest absolute Gasteiger partial charge is 0.164 e. The Bertz CT molecular complexity index is 2680. The molecule has 0 N–H and O–H groups in total. The summed E-state index contributed by atoms with van der Waals surface area (Å²) in [4.78, 5) is 15.0. The largest absolute Gasteiger partial charge is 0.208 e. The molecule has 11 rings (SSSR count). The molecule has 1 spiro atoms. The maximum Gasteiger partial charge on any atom is 0.164 e. The third-order valence-electron chi connectivity index (χ3n) is 12.2. The Hall–Kier alpha value is -6.45. The Morgan fingerprint density at radius 2 is 0.796 bits per heavy atom. The van der Waals surface area contributed by atoms with Gasteiger partial charge in [0.15, 0.2) is 17.5 Å². The van der Waals surface area contributed by atoms with Crippen molar-refractivity contribution in [2.45, 2.75) is 37.5 Å². The second-order valence-electron chi connectivity index (χ2n) is 15.1. The molecule has 8 aromatic rings. The van der Waals surface area contributed by atoms with Gasteiger partial charge < -0.3 is 0 Å². The van der Waals surface area contributed by atoms with Gasteiger partial charge in [-0.25, -0.2) is 15.0 Å². The average Bonchev–Trinajstić information content (AvgIpc) is 3.97. The molecule has 0 bridgehead atoms. The Balaban J connectivity index is 0.986. The maximum absolute atomic E-state index is 5.03. The maximum atomic E-state index is 5.03. The van der Waals surface area contributed by atoms with Crippen LogP contribution in [0.25, 0.3) is 78.7 Å². The van der Waals surface area contributed by atoms with Crippen LogP contribution in [0.4, 0.5) is 0 Å². The van der Waals surface area contributed by atoms with Crippen LogP contribution < -0.4 is 0 Å². The highest BCUT2D eigenvalue weighted by Crippen LogP contribution is 2.57. The minimum Gasteiger partial charge on any atom is -0.208 e. The minimum absolute atomic E-state index is 0.156. The minimum atomic E-state index is 0.156. The molecular formula is C51H37N3. The van der Waals surface area contributed by atoms with Crippen molar-refractivity contribution in [3.05, 3.63) is 186 Å². The first-order valence-electron chi connectivity index (χ1n) is 19.2. The Morgan fingerprint density at radius 1 is 0.333 bits per heavy atom. The Labute approximate surface area is 316 Å². The molecule has 0 atom stereocenters. The van der Waals surface area contributed by atoms with E-state index in [1.165, 1.54) is 92.4 Å². The topological polar surface area (TPSA) is 38.7 Å². The third kappa shape index (κ3) is 4.85. The van der Waals surface area contributed by atoms with E-state index >= 15 is 0 Å². The van der Waals surface area contributed by atoms with E-state index in [1.54, 1.807) is 0 Å². The molecule has 0 unspecified atom stereocenters. The van der Waals surface area contributed by atoms with Gasteiger partial charge in [-0.05, 0) is 98.2 Å². The fourth-order valence-electron chi connectivity index (χ4n) is 9.68. The summed E-state index contributed by atoms with van der Waals surface area (Å²) < 4.78 is 0. The lowest BCUT2D eigenvalue weighted by molar-refractivity contribution is 0.550. The lowest BCUT2D eigenvalue weighted by atomic mass is 9.76. The summed E-state index contributed by atoms with van der Waals surface area (Å²) in [6.45, 7) is 0. The molecule has 7 aromatic carbocycles. The van der Waals surface area contributed by atoms with E-state index in [0.717, 1.165) is 23.1 Å². The molecule has 256 valence electrons. The summed E-state index contributed by atoms with van der Waals surface area (Å²) in [6, 6.07) is 59.2. The van der Waals surface area contributed by atoms with Crippen molar-refractivity contribution in [1.82, 2.24) is 15.0 Å². The predicted molar refractivity (Wildman–Crippen MR) is 220 cm³/mol. The molecule has 3 aliphatic rings. The predicted octanol–water partition coefficient (Wildman–Crippen LogP) is 12.6. The van der Waals surface area contributed by atoms with Crippen molar-refractivity contribution in [2.75, 3.05) is 0 Å². The van der Waals surface area contributed by atoms with Gasteiger partial charge in [-0.15, -0.1) is 0 Å². The SMILES string of the molecule is c1ccc(-c2nc(-c3ccccc3)nc(-c3cccc(-c4cccc5c4Cc4c(-c6ccc7c(c6)C6(CCCC6)c6ccccc6-7)cccc4-5)c3)n2)cc1. The van der Waals surface area contributed by atoms with Crippen LogP contribution in [-0.4, -0.2) is 15.0 Å². The summed E-state index contributed by atoms with van der Waals surface area (Å²) >= 11 is 0. The molecule has 3 nitrogen and oxygen atoms in total. The van der Waals surface area contributed by atoms with E-state index < -0.39 is 0 Å². The highest BCUT2D eigenvalue weighted by Gasteiger charge is 2.45. The van der Waals surface area contributed by atoms with Gasteiger partial charge in [0, 0.05) is 22.1 Å². The van der Waals surface area contributed by atoms with Crippen molar-refractivity contribution in [2.24, 2.45) is 0 Å². The fraction of sp³-hybridized carbons (Fsp3) is 0.118. The summed E-state index contributed by atoms with van der Waals surface area (Å²) in [7, 11) is 0. The molecule has 0 saturated heterocycles. The number of nitrogens with zero attached hydrogens (tertiary/aromatic N) is 3. The molecule has 0 amide bonds. The lowest BCUT2D eigenvalue weighted by Gasteiger charge is -2.27. The van der Waals surface area contributed by atoms with Crippen LogP contribution in [-0.2, 0) is 11.8 Å². The first-order valence-corrected chi connectivity index (χ1v) is 19.2. The van der Waals surface area contributed by atoms with Crippen LogP contribution in [0.5, 0.6) is 0 Å². The van der Waals surface area contributed by atoms with Gasteiger partial charge in [-0.2, -0.15) is 0 Å². The first kappa shape index (κ1) is 31.1. The van der Waals surface area contributed by atoms with Gasteiger partial charge in [-0.3, -0.25) is 0 Å². The number of hydrogen-bond acceptors (Lipinski definition) is 3. The van der Waals surface area contributed by atoms with Gasteiger partial charge >= 0.3 is 0 Å². The summed E-state index contributed by atoms with van der Waals surface area (Å²) in [5.41, 5.74) is 19.6. The van der Waals surface area contributed by atoms with E-state index in [1.807, 2.05) is 36.4 Å². The van der Waals surface area contributed by atoms with E-state index in [9.17, 15) is 0 Å². The molecule has 0 radical (unpaired) electrons. The van der Waals surface area contributed by atoms with Crippen LogP contribution in [0, 0.1) is 0 Å². The molecular weight excluding hydrogens is 655 g/mol. The number of rotatable bonds is 5. The van der Waals surface area contributed by atoms with Crippen LogP contribution in [0.1, 0.15) is 47.9 Å². The molecule has 1 fully saturated rings.